The number of alkyl halides is 3. The fourth-order valence-corrected chi connectivity index (χ4v) is 2.09. The van der Waals surface area contributed by atoms with Gasteiger partial charge in [0, 0.05) is 37.2 Å². The summed E-state index contributed by atoms with van der Waals surface area (Å²) in [5.41, 5.74) is 0.579. The Morgan fingerprint density at radius 3 is 2.67 bits per heavy atom. The van der Waals surface area contributed by atoms with E-state index in [-0.39, 0.29) is 5.78 Å². The topological polar surface area (TPSA) is 30.0 Å². The van der Waals surface area contributed by atoms with Crippen LogP contribution in [0.1, 0.15) is 36.0 Å². The zero-order chi connectivity index (χ0) is 17.4. The Balaban J connectivity index is 1.80. The van der Waals surface area contributed by atoms with E-state index in [4.69, 9.17) is 0 Å². The highest BCUT2D eigenvalue weighted by molar-refractivity contribution is 5.78. The van der Waals surface area contributed by atoms with Gasteiger partial charge in [-0.15, -0.1) is 0 Å². The van der Waals surface area contributed by atoms with E-state index in [9.17, 15) is 18.0 Å². The van der Waals surface area contributed by atoms with Gasteiger partial charge in [0.1, 0.15) is 5.78 Å². The summed E-state index contributed by atoms with van der Waals surface area (Å²) < 4.78 is 37.8. The fraction of sp³-hybridized carbons (Fsp3) is 0.263. The molecule has 0 spiro atoms. The lowest BCUT2D eigenvalue weighted by molar-refractivity contribution is -0.137. The minimum absolute atomic E-state index is 0.0807. The molecule has 1 heterocycles. The fourth-order valence-electron chi connectivity index (χ4n) is 2.09. The molecule has 0 saturated carbocycles. The quantitative estimate of drug-likeness (QED) is 0.759. The number of hydrogen-bond acceptors (Lipinski definition) is 2. The molecule has 0 N–H and O–H groups in total. The van der Waals surface area contributed by atoms with Gasteiger partial charge in [0.2, 0.25) is 0 Å². The number of rotatable bonds is 5. The summed E-state index contributed by atoms with van der Waals surface area (Å²) >= 11 is 0. The molecule has 2 aromatic rings. The number of carbonyl (C=O) groups is 1. The summed E-state index contributed by atoms with van der Waals surface area (Å²) in [6.07, 6.45) is 0.703. The first kappa shape index (κ1) is 17.7. The van der Waals surface area contributed by atoms with E-state index < -0.39 is 11.7 Å². The van der Waals surface area contributed by atoms with Crippen molar-refractivity contribution in [3.8, 4) is 11.8 Å². The van der Waals surface area contributed by atoms with Gasteiger partial charge in [0.15, 0.2) is 0 Å². The van der Waals surface area contributed by atoms with E-state index in [1.165, 1.54) is 12.1 Å². The number of carbonyl (C=O) groups excluding carboxylic acids is 1. The molecule has 0 aliphatic heterocycles. The molecule has 2 rings (SSSR count). The van der Waals surface area contributed by atoms with Crippen molar-refractivity contribution in [2.45, 2.75) is 31.9 Å². The van der Waals surface area contributed by atoms with Gasteiger partial charge in [-0.25, -0.2) is 0 Å². The molecule has 0 aliphatic carbocycles. The van der Waals surface area contributed by atoms with Crippen molar-refractivity contribution in [3.63, 3.8) is 0 Å². The van der Waals surface area contributed by atoms with Crippen LogP contribution < -0.4 is 0 Å². The molecule has 0 bridgehead atoms. The molecule has 0 unspecified atom stereocenters. The predicted molar refractivity (Wildman–Crippen MR) is 85.1 cm³/mol. The Bertz CT molecular complexity index is 742. The number of aromatic nitrogens is 1. The Hall–Kier alpha value is -2.61. The number of Topliss-reactive ketones (excluding diaryl/α,β-unsaturated/α-hetero) is 1. The molecule has 5 heteroatoms. The summed E-state index contributed by atoms with van der Waals surface area (Å²) in [5, 5.41) is 0. The van der Waals surface area contributed by atoms with E-state index in [1.807, 2.05) is 12.1 Å². The normalized spacial score (nSPS) is 10.8. The lowest BCUT2D eigenvalue weighted by Gasteiger charge is -2.05. The smallest absolute Gasteiger partial charge is 0.300 e. The van der Waals surface area contributed by atoms with Crippen LogP contribution in [0.15, 0.2) is 48.8 Å². The Labute approximate surface area is 138 Å². The third-order valence-electron chi connectivity index (χ3n) is 3.37. The maximum Gasteiger partial charge on any atom is 0.416 e. The molecule has 0 amide bonds. The van der Waals surface area contributed by atoms with E-state index in [0.717, 1.165) is 17.7 Å². The number of benzene rings is 1. The zero-order valence-electron chi connectivity index (χ0n) is 12.9. The van der Waals surface area contributed by atoms with Crippen LogP contribution in [0.4, 0.5) is 13.2 Å². The van der Waals surface area contributed by atoms with Crippen molar-refractivity contribution < 1.29 is 18.0 Å². The molecule has 0 fully saturated rings. The van der Waals surface area contributed by atoms with Gasteiger partial charge in [-0.2, -0.15) is 13.2 Å². The average molecular weight is 331 g/mol. The Morgan fingerprint density at radius 2 is 1.96 bits per heavy atom. The largest absolute Gasteiger partial charge is 0.416 e. The van der Waals surface area contributed by atoms with E-state index in [2.05, 4.69) is 16.8 Å². The van der Waals surface area contributed by atoms with Crippen molar-refractivity contribution >= 4 is 5.78 Å². The second-order valence-corrected chi connectivity index (χ2v) is 5.28. The van der Waals surface area contributed by atoms with E-state index in [1.54, 1.807) is 12.4 Å². The second-order valence-electron chi connectivity index (χ2n) is 5.28. The molecular weight excluding hydrogens is 315 g/mol. The standard InChI is InChI=1S/C19H16F3NO/c20-19(21,22)17-8-3-6-15(13-17)5-1-2-9-18(24)11-10-16-7-4-12-23-14-16/h3-4,6-8,12-14H,2,9-11H2. The molecule has 0 radical (unpaired) electrons. The van der Waals surface area contributed by atoms with Crippen molar-refractivity contribution in [3.05, 3.63) is 65.5 Å². The first-order chi connectivity index (χ1) is 11.4. The first-order valence-corrected chi connectivity index (χ1v) is 7.52. The van der Waals surface area contributed by atoms with Gasteiger partial charge < -0.3 is 0 Å². The molecule has 0 atom stereocenters. The van der Waals surface area contributed by atoms with Crippen LogP contribution in [0.3, 0.4) is 0 Å². The van der Waals surface area contributed by atoms with Gasteiger partial charge in [0.25, 0.3) is 0 Å². The van der Waals surface area contributed by atoms with Crippen LogP contribution >= 0.6 is 0 Å². The second kappa shape index (κ2) is 8.30. The highest BCUT2D eigenvalue weighted by Gasteiger charge is 2.30. The third-order valence-corrected chi connectivity index (χ3v) is 3.37. The minimum atomic E-state index is -4.38. The lowest BCUT2D eigenvalue weighted by atomic mass is 10.1. The van der Waals surface area contributed by atoms with Crippen molar-refractivity contribution in [1.82, 2.24) is 4.98 Å². The molecule has 24 heavy (non-hydrogen) atoms. The monoisotopic (exact) mass is 331 g/mol. The Kier molecular flexibility index (Phi) is 6.14. The van der Waals surface area contributed by atoms with Gasteiger partial charge in [-0.05, 0) is 36.2 Å². The zero-order valence-corrected chi connectivity index (χ0v) is 12.9. The molecule has 124 valence electrons. The predicted octanol–water partition coefficient (Wildman–Crippen LogP) is 4.43. The van der Waals surface area contributed by atoms with Crippen LogP contribution in [0.25, 0.3) is 0 Å². The van der Waals surface area contributed by atoms with Gasteiger partial charge >= 0.3 is 6.18 Å². The molecule has 0 saturated heterocycles. The van der Waals surface area contributed by atoms with Crippen LogP contribution in [0.5, 0.6) is 0 Å². The summed E-state index contributed by atoms with van der Waals surface area (Å²) in [5.74, 6) is 5.51. The Morgan fingerprint density at radius 1 is 1.12 bits per heavy atom. The van der Waals surface area contributed by atoms with Gasteiger partial charge in [0.05, 0.1) is 5.56 Å². The molecular formula is C19H16F3NO. The summed E-state index contributed by atoms with van der Waals surface area (Å²) in [6, 6.07) is 8.59. The highest BCUT2D eigenvalue weighted by Crippen LogP contribution is 2.29. The molecule has 1 aromatic heterocycles. The number of ketones is 1. The molecule has 2 nitrogen and oxygen atoms in total. The van der Waals surface area contributed by atoms with E-state index >= 15 is 0 Å². The van der Waals surface area contributed by atoms with Crippen LogP contribution in [-0.4, -0.2) is 10.8 Å². The van der Waals surface area contributed by atoms with Gasteiger partial charge in [-0.3, -0.25) is 9.78 Å². The maximum absolute atomic E-state index is 12.6. The number of nitrogens with zero attached hydrogens (tertiary/aromatic N) is 1. The van der Waals surface area contributed by atoms with Crippen molar-refractivity contribution in [2.75, 3.05) is 0 Å². The van der Waals surface area contributed by atoms with E-state index in [0.29, 0.717) is 31.2 Å². The number of hydrogen-bond donors (Lipinski definition) is 0. The summed E-state index contributed by atoms with van der Waals surface area (Å²) in [6.45, 7) is 0. The first-order valence-electron chi connectivity index (χ1n) is 7.52. The third kappa shape index (κ3) is 5.88. The minimum Gasteiger partial charge on any atom is -0.300 e. The summed E-state index contributed by atoms with van der Waals surface area (Å²) in [7, 11) is 0. The van der Waals surface area contributed by atoms with Crippen LogP contribution in [0, 0.1) is 11.8 Å². The molecule has 1 aromatic carbocycles. The van der Waals surface area contributed by atoms with Crippen LogP contribution in [0.2, 0.25) is 0 Å². The lowest BCUT2D eigenvalue weighted by Crippen LogP contribution is -2.04. The molecule has 0 aliphatic rings. The highest BCUT2D eigenvalue weighted by atomic mass is 19.4. The average Bonchev–Trinajstić information content (AvgIpc) is 2.57. The SMILES string of the molecule is O=C(CCC#Cc1cccc(C(F)(F)F)c1)CCc1cccnc1. The van der Waals surface area contributed by atoms with Crippen molar-refractivity contribution in [2.24, 2.45) is 0 Å². The van der Waals surface area contributed by atoms with Crippen molar-refractivity contribution in [1.29, 1.82) is 0 Å². The van der Waals surface area contributed by atoms with Crippen LogP contribution in [-0.2, 0) is 17.4 Å². The summed E-state index contributed by atoms with van der Waals surface area (Å²) in [4.78, 5) is 15.8. The number of pyridine rings is 1. The van der Waals surface area contributed by atoms with Gasteiger partial charge in [-0.1, -0.05) is 24.0 Å². The number of halogens is 3. The maximum atomic E-state index is 12.6. The number of aryl methyl sites for hydroxylation is 1.